The molecule has 0 fully saturated rings. The van der Waals surface area contributed by atoms with Gasteiger partial charge < -0.3 is 9.84 Å². The van der Waals surface area contributed by atoms with Gasteiger partial charge in [-0.25, -0.2) is 8.78 Å². The van der Waals surface area contributed by atoms with Crippen molar-refractivity contribution >= 4 is 0 Å². The first-order chi connectivity index (χ1) is 7.75. The Bertz CT molecular complexity index is 457. The van der Waals surface area contributed by atoms with Crippen molar-refractivity contribution in [3.05, 3.63) is 53.4 Å². The lowest BCUT2D eigenvalue weighted by Gasteiger charge is -2.03. The number of halogens is 2. The molecule has 3 nitrogen and oxygen atoms in total. The van der Waals surface area contributed by atoms with Gasteiger partial charge >= 0.3 is 0 Å². The molecule has 0 bridgehead atoms. The van der Waals surface area contributed by atoms with Crippen molar-refractivity contribution in [1.82, 2.24) is 10.5 Å². The number of hydrogen-bond acceptors (Lipinski definition) is 3. The van der Waals surface area contributed by atoms with Crippen LogP contribution >= 0.6 is 0 Å². The zero-order chi connectivity index (χ0) is 11.4. The summed E-state index contributed by atoms with van der Waals surface area (Å²) in [5.41, 5.74) is 0.679. The molecule has 1 aromatic heterocycles. The summed E-state index contributed by atoms with van der Waals surface area (Å²) < 4.78 is 30.3. The van der Waals surface area contributed by atoms with Crippen LogP contribution in [0.2, 0.25) is 0 Å². The number of nitrogens with one attached hydrogen (secondary N) is 1. The maximum absolute atomic E-state index is 12.8. The van der Waals surface area contributed by atoms with Gasteiger partial charge in [0.2, 0.25) is 0 Å². The molecule has 1 aromatic carbocycles. The lowest BCUT2D eigenvalue weighted by molar-refractivity contribution is 0.372. The van der Waals surface area contributed by atoms with Crippen molar-refractivity contribution in [2.45, 2.75) is 13.1 Å². The first kappa shape index (κ1) is 10.8. The van der Waals surface area contributed by atoms with Crippen molar-refractivity contribution in [2.75, 3.05) is 0 Å². The Kier molecular flexibility index (Phi) is 3.26. The Morgan fingerprint density at radius 3 is 2.69 bits per heavy atom. The Hall–Kier alpha value is -1.75. The first-order valence-electron chi connectivity index (χ1n) is 4.80. The van der Waals surface area contributed by atoms with Gasteiger partial charge in [-0.05, 0) is 17.7 Å². The summed E-state index contributed by atoms with van der Waals surface area (Å²) in [6.07, 6.45) is 1.55. The average Bonchev–Trinajstić information content (AvgIpc) is 2.76. The van der Waals surface area contributed by atoms with Gasteiger partial charge in [0.25, 0.3) is 0 Å². The predicted molar refractivity (Wildman–Crippen MR) is 53.4 cm³/mol. The minimum atomic E-state index is -0.834. The number of aromatic nitrogens is 1. The summed E-state index contributed by atoms with van der Waals surface area (Å²) in [6.45, 7) is 0.941. The second-order valence-corrected chi connectivity index (χ2v) is 3.33. The molecule has 1 N–H and O–H groups in total. The lowest BCUT2D eigenvalue weighted by atomic mass is 10.2. The molecule has 0 aliphatic rings. The molecular formula is C11H10F2N2O. The molecule has 0 saturated carbocycles. The largest absolute Gasteiger partial charge is 0.360 e. The van der Waals surface area contributed by atoms with E-state index in [0.717, 1.165) is 6.07 Å². The van der Waals surface area contributed by atoms with Gasteiger partial charge in [-0.15, -0.1) is 0 Å². The fraction of sp³-hybridized carbons (Fsp3) is 0.182. The highest BCUT2D eigenvalue weighted by molar-refractivity contribution is 5.17. The molecular weight excluding hydrogens is 214 g/mol. The molecule has 1 heterocycles. The second-order valence-electron chi connectivity index (χ2n) is 3.33. The monoisotopic (exact) mass is 224 g/mol. The van der Waals surface area contributed by atoms with Crippen LogP contribution in [0.5, 0.6) is 0 Å². The minimum absolute atomic E-state index is 0.442. The van der Waals surface area contributed by atoms with E-state index in [1.54, 1.807) is 12.3 Å². The lowest BCUT2D eigenvalue weighted by Crippen LogP contribution is -2.12. The van der Waals surface area contributed by atoms with Crippen molar-refractivity contribution in [3.8, 4) is 0 Å². The molecule has 2 aromatic rings. The van der Waals surface area contributed by atoms with Crippen LogP contribution in [0.3, 0.4) is 0 Å². The Morgan fingerprint density at radius 2 is 2.00 bits per heavy atom. The van der Waals surface area contributed by atoms with Crippen molar-refractivity contribution in [3.63, 3.8) is 0 Å². The van der Waals surface area contributed by atoms with E-state index in [-0.39, 0.29) is 0 Å². The highest BCUT2D eigenvalue weighted by atomic mass is 19.2. The summed E-state index contributed by atoms with van der Waals surface area (Å²) in [5.74, 6) is -0.972. The molecule has 0 aliphatic carbocycles. The summed E-state index contributed by atoms with van der Waals surface area (Å²) in [6, 6.07) is 5.55. The minimum Gasteiger partial charge on any atom is -0.360 e. The van der Waals surface area contributed by atoms with Gasteiger partial charge in [0.15, 0.2) is 11.6 Å². The van der Waals surface area contributed by atoms with Crippen LogP contribution < -0.4 is 5.32 Å². The van der Waals surface area contributed by atoms with E-state index in [2.05, 4.69) is 10.5 Å². The quantitative estimate of drug-likeness (QED) is 0.865. The molecule has 16 heavy (non-hydrogen) atoms. The van der Waals surface area contributed by atoms with Gasteiger partial charge in [-0.1, -0.05) is 11.2 Å². The number of hydrogen-bond donors (Lipinski definition) is 1. The third-order valence-corrected chi connectivity index (χ3v) is 2.10. The third-order valence-electron chi connectivity index (χ3n) is 2.10. The molecule has 0 atom stereocenters. The number of nitrogens with zero attached hydrogens (tertiary/aromatic N) is 1. The van der Waals surface area contributed by atoms with E-state index in [1.165, 1.54) is 12.1 Å². The molecule has 84 valence electrons. The van der Waals surface area contributed by atoms with E-state index >= 15 is 0 Å². The molecule has 0 unspecified atom stereocenters. The smallest absolute Gasteiger partial charge is 0.159 e. The second kappa shape index (κ2) is 4.85. The first-order valence-corrected chi connectivity index (χ1v) is 4.80. The fourth-order valence-electron chi connectivity index (χ4n) is 1.31. The van der Waals surface area contributed by atoms with Crippen molar-refractivity contribution in [1.29, 1.82) is 0 Å². The van der Waals surface area contributed by atoms with Gasteiger partial charge in [0.1, 0.15) is 5.76 Å². The standard InChI is InChI=1S/C11H10F2N2O/c12-10-2-1-8(5-11(10)13)6-14-7-9-3-4-15-16-9/h1-5,14H,6-7H2. The zero-order valence-corrected chi connectivity index (χ0v) is 8.41. The van der Waals surface area contributed by atoms with Crippen LogP contribution in [0.4, 0.5) is 8.78 Å². The molecule has 0 saturated heterocycles. The fourth-order valence-corrected chi connectivity index (χ4v) is 1.31. The third kappa shape index (κ3) is 2.64. The summed E-state index contributed by atoms with van der Waals surface area (Å²) in [5, 5.41) is 6.58. The van der Waals surface area contributed by atoms with Crippen LogP contribution in [0, 0.1) is 11.6 Å². The molecule has 2 rings (SSSR count). The number of rotatable bonds is 4. The van der Waals surface area contributed by atoms with E-state index in [9.17, 15) is 8.78 Å². The summed E-state index contributed by atoms with van der Waals surface area (Å²) >= 11 is 0. The van der Waals surface area contributed by atoms with Gasteiger partial charge in [-0.3, -0.25) is 0 Å². The molecule has 0 radical (unpaired) electrons. The van der Waals surface area contributed by atoms with Crippen LogP contribution in [-0.4, -0.2) is 5.16 Å². The maximum Gasteiger partial charge on any atom is 0.159 e. The highest BCUT2D eigenvalue weighted by Crippen LogP contribution is 2.08. The van der Waals surface area contributed by atoms with Crippen molar-refractivity contribution < 1.29 is 13.3 Å². The van der Waals surface area contributed by atoms with Crippen LogP contribution in [0.1, 0.15) is 11.3 Å². The summed E-state index contributed by atoms with van der Waals surface area (Å²) in [7, 11) is 0. The van der Waals surface area contributed by atoms with E-state index in [4.69, 9.17) is 4.52 Å². The SMILES string of the molecule is Fc1ccc(CNCc2ccno2)cc1F. The predicted octanol–water partition coefficient (Wildman–Crippen LogP) is 2.24. The number of benzene rings is 1. The maximum atomic E-state index is 12.8. The Morgan fingerprint density at radius 1 is 1.12 bits per heavy atom. The Balaban J connectivity index is 1.87. The average molecular weight is 224 g/mol. The zero-order valence-electron chi connectivity index (χ0n) is 8.41. The molecule has 0 amide bonds. The Labute approximate surface area is 91.1 Å². The van der Waals surface area contributed by atoms with E-state index in [1.807, 2.05) is 0 Å². The van der Waals surface area contributed by atoms with Crippen LogP contribution in [0.25, 0.3) is 0 Å². The normalized spacial score (nSPS) is 10.6. The molecule has 5 heteroatoms. The van der Waals surface area contributed by atoms with Gasteiger partial charge in [-0.2, -0.15) is 0 Å². The molecule has 0 spiro atoms. The van der Waals surface area contributed by atoms with E-state index in [0.29, 0.717) is 24.4 Å². The van der Waals surface area contributed by atoms with Gasteiger partial charge in [0.05, 0.1) is 12.7 Å². The van der Waals surface area contributed by atoms with Crippen molar-refractivity contribution in [2.24, 2.45) is 0 Å². The topological polar surface area (TPSA) is 38.1 Å². The summed E-state index contributed by atoms with van der Waals surface area (Å²) in [4.78, 5) is 0. The molecule has 0 aliphatic heterocycles. The van der Waals surface area contributed by atoms with Gasteiger partial charge in [0, 0.05) is 12.6 Å². The highest BCUT2D eigenvalue weighted by Gasteiger charge is 2.02. The van der Waals surface area contributed by atoms with E-state index < -0.39 is 11.6 Å². The van der Waals surface area contributed by atoms with Crippen LogP contribution in [-0.2, 0) is 13.1 Å². The van der Waals surface area contributed by atoms with Crippen LogP contribution in [0.15, 0.2) is 35.0 Å².